The summed E-state index contributed by atoms with van der Waals surface area (Å²) >= 11 is 19.1. The third-order valence-electron chi connectivity index (χ3n) is 8.36. The Morgan fingerprint density at radius 3 is 0.893 bits per heavy atom. The first-order valence-corrected chi connectivity index (χ1v) is 19.8. The van der Waals surface area contributed by atoms with Crippen LogP contribution < -0.4 is 49.5 Å². The molecule has 0 aromatic carbocycles. The summed E-state index contributed by atoms with van der Waals surface area (Å²) in [5.74, 6) is 4.04. The highest BCUT2D eigenvalue weighted by Gasteiger charge is 2.24. The van der Waals surface area contributed by atoms with Gasteiger partial charge >= 0.3 is 12.0 Å². The third-order valence-corrected chi connectivity index (χ3v) is 8.36. The second kappa shape index (κ2) is 22.9. The molecule has 0 radical (unpaired) electrons. The summed E-state index contributed by atoms with van der Waals surface area (Å²) in [5, 5.41) is 15.0. The highest BCUT2D eigenvalue weighted by Crippen LogP contribution is 2.27. The zero-order valence-corrected chi connectivity index (χ0v) is 36.6. The molecule has 0 saturated carbocycles. The van der Waals surface area contributed by atoms with Gasteiger partial charge in [-0.2, -0.15) is 29.9 Å². The predicted octanol–water partition coefficient (Wildman–Crippen LogP) is 6.31. The number of fused-ring (bicyclic) bond motifs is 8. The van der Waals surface area contributed by atoms with Crippen molar-refractivity contribution in [3.05, 3.63) is 36.4 Å². The van der Waals surface area contributed by atoms with E-state index in [1.54, 1.807) is 20.0 Å². The van der Waals surface area contributed by atoms with Crippen LogP contribution in [0.1, 0.15) is 39.5 Å². The van der Waals surface area contributed by atoms with Crippen molar-refractivity contribution in [1.29, 1.82) is 0 Å². The summed E-state index contributed by atoms with van der Waals surface area (Å²) in [6, 6.07) is 11.9. The fraction of sp³-hybridized carbons (Fsp3) is 0.529. The second-order valence-corrected chi connectivity index (χ2v) is 13.6. The van der Waals surface area contributed by atoms with E-state index >= 15 is 0 Å². The number of pyridine rings is 2. The van der Waals surface area contributed by atoms with Crippen LogP contribution in [0.25, 0.3) is 0 Å². The minimum atomic E-state index is 0.194. The van der Waals surface area contributed by atoms with Crippen LogP contribution in [0.3, 0.4) is 0 Å². The number of hydrogen-bond donors (Lipinski definition) is 0. The summed E-state index contributed by atoms with van der Waals surface area (Å²) in [4.78, 5) is 38.3. The van der Waals surface area contributed by atoms with Crippen LogP contribution in [0.4, 0.5) is 47.1 Å². The SMILES string of the molecule is CCCCOc1nc2nc(n1)N(C)N(C)c1cccc(n1)N(C)N(C)c1nc(OCCCC)nc(n1)N(C)N(C)c1cccc(n1)N(C)N2C.ClCCl.ClCCl. The number of rotatable bonds is 8. The molecule has 18 nitrogen and oxygen atoms in total. The van der Waals surface area contributed by atoms with E-state index in [4.69, 9.17) is 75.8 Å². The van der Waals surface area contributed by atoms with Crippen molar-refractivity contribution in [2.75, 3.05) is 120 Å². The van der Waals surface area contributed by atoms with Gasteiger partial charge < -0.3 is 9.47 Å². The maximum Gasteiger partial charge on any atom is 0.323 e. The van der Waals surface area contributed by atoms with Gasteiger partial charge in [0, 0.05) is 56.4 Å². The Bertz CT molecular complexity index is 1560. The Labute approximate surface area is 349 Å². The van der Waals surface area contributed by atoms with Crippen molar-refractivity contribution in [2.24, 2.45) is 0 Å². The largest absolute Gasteiger partial charge is 0.463 e. The molecule has 5 rings (SSSR count). The van der Waals surface area contributed by atoms with E-state index in [1.165, 1.54) is 0 Å². The van der Waals surface area contributed by atoms with Gasteiger partial charge in [-0.05, 0) is 37.1 Å². The molecule has 22 heteroatoms. The molecule has 0 aliphatic carbocycles. The monoisotopic (exact) mass is 856 g/mol. The molecular weight excluding hydrogens is 806 g/mol. The molecule has 0 fully saturated rings. The summed E-state index contributed by atoms with van der Waals surface area (Å²) < 4.78 is 12.0. The summed E-state index contributed by atoms with van der Waals surface area (Å²) in [5.41, 5.74) is 0. The van der Waals surface area contributed by atoms with E-state index in [9.17, 15) is 0 Å². The van der Waals surface area contributed by atoms with Crippen molar-refractivity contribution in [3.8, 4) is 12.0 Å². The molecule has 0 N–H and O–H groups in total. The van der Waals surface area contributed by atoms with Crippen LogP contribution in [0.2, 0.25) is 0 Å². The third kappa shape index (κ3) is 12.2. The van der Waals surface area contributed by atoms with Gasteiger partial charge in [-0.15, -0.1) is 46.4 Å². The zero-order chi connectivity index (χ0) is 41.4. The van der Waals surface area contributed by atoms with E-state index in [-0.39, 0.29) is 22.7 Å². The average Bonchev–Trinajstić information content (AvgIpc) is 3.21. The average molecular weight is 859 g/mol. The molecule has 0 atom stereocenters. The molecule has 1 aliphatic rings. The second-order valence-electron chi connectivity index (χ2n) is 11.9. The molecule has 0 spiro atoms. The number of anilines is 8. The number of halogens is 4. The van der Waals surface area contributed by atoms with E-state index in [0.717, 1.165) is 25.7 Å². The number of hydrogen-bond acceptors (Lipinski definition) is 18. The predicted molar refractivity (Wildman–Crippen MR) is 229 cm³/mol. The maximum absolute atomic E-state index is 5.99. The molecule has 4 aromatic heterocycles. The van der Waals surface area contributed by atoms with Crippen LogP contribution in [0.15, 0.2) is 36.4 Å². The van der Waals surface area contributed by atoms with Crippen molar-refractivity contribution >= 4 is 93.5 Å². The topological polar surface area (TPSA) is 148 Å². The molecule has 0 amide bonds. The van der Waals surface area contributed by atoms with E-state index in [0.29, 0.717) is 60.3 Å². The molecule has 56 heavy (non-hydrogen) atoms. The number of alkyl halides is 4. The van der Waals surface area contributed by atoms with E-state index in [1.807, 2.05) is 113 Å². The fourth-order valence-electron chi connectivity index (χ4n) is 4.69. The van der Waals surface area contributed by atoms with Gasteiger partial charge in [0.1, 0.15) is 23.3 Å². The number of ether oxygens (including phenoxy) is 2. The van der Waals surface area contributed by atoms with Crippen LogP contribution >= 0.6 is 46.4 Å². The minimum absolute atomic E-state index is 0.194. The Balaban J connectivity index is 0.00000132. The Morgan fingerprint density at radius 2 is 0.661 bits per heavy atom. The van der Waals surface area contributed by atoms with E-state index in [2.05, 4.69) is 33.8 Å². The lowest BCUT2D eigenvalue weighted by atomic mass is 10.4. The minimum Gasteiger partial charge on any atom is -0.463 e. The molecule has 8 bridgehead atoms. The smallest absolute Gasteiger partial charge is 0.323 e. The first kappa shape index (κ1) is 45.9. The standard InChI is InChI=1S/C32H48N16O2.2CH2Cl2/c1-11-13-21-49-31-37-27-35-28(38-31)46(8)42(4)24-18-16-20-26(34-24)44(6)48(10)30-36-29(39-32(40-30)50-22-14-12-2)47(9)43(5)25-19-15-17-23(33-25)41(3)45(27)7;2*2-1-3/h15-20H,11-14,21-22H2,1-10H3;2*1H2. The number of hydrazine groups is 4. The van der Waals surface area contributed by atoms with Crippen molar-refractivity contribution in [3.63, 3.8) is 0 Å². The van der Waals surface area contributed by atoms with Gasteiger partial charge in [0.2, 0.25) is 0 Å². The number of aromatic nitrogens is 8. The molecule has 4 aromatic rings. The van der Waals surface area contributed by atoms with Crippen molar-refractivity contribution in [1.82, 2.24) is 39.9 Å². The van der Waals surface area contributed by atoms with Crippen molar-refractivity contribution in [2.45, 2.75) is 39.5 Å². The van der Waals surface area contributed by atoms with Crippen LogP contribution in [0, 0.1) is 0 Å². The van der Waals surface area contributed by atoms with Gasteiger partial charge in [-0.1, -0.05) is 38.8 Å². The highest BCUT2D eigenvalue weighted by atomic mass is 35.5. The Kier molecular flexibility index (Phi) is 18.7. The first-order valence-electron chi connectivity index (χ1n) is 17.7. The van der Waals surface area contributed by atoms with Crippen LogP contribution in [-0.2, 0) is 0 Å². The fourth-order valence-corrected chi connectivity index (χ4v) is 4.69. The molecule has 5 heterocycles. The lowest BCUT2D eigenvalue weighted by molar-refractivity contribution is 0.284. The Morgan fingerprint density at radius 1 is 0.411 bits per heavy atom. The van der Waals surface area contributed by atoms with Gasteiger partial charge in [-0.25, -0.2) is 9.97 Å². The molecule has 0 unspecified atom stereocenters. The lowest BCUT2D eigenvalue weighted by Gasteiger charge is -2.34. The van der Waals surface area contributed by atoms with Gasteiger partial charge in [-0.3, -0.25) is 40.1 Å². The zero-order valence-electron chi connectivity index (χ0n) is 33.6. The molecule has 1 aliphatic heterocycles. The number of nitrogens with zero attached hydrogens (tertiary/aromatic N) is 16. The van der Waals surface area contributed by atoms with Crippen LogP contribution in [-0.4, -0.2) is 120 Å². The summed E-state index contributed by atoms with van der Waals surface area (Å²) in [6.45, 7) is 5.18. The van der Waals surface area contributed by atoms with Gasteiger partial charge in [0.25, 0.3) is 23.8 Å². The number of unbranched alkanes of at least 4 members (excludes halogenated alkanes) is 2. The normalized spacial score (nSPS) is 13.1. The van der Waals surface area contributed by atoms with Crippen LogP contribution in [0.5, 0.6) is 12.0 Å². The van der Waals surface area contributed by atoms with E-state index < -0.39 is 0 Å². The summed E-state index contributed by atoms with van der Waals surface area (Å²) in [7, 11) is 15.0. The van der Waals surface area contributed by atoms with Crippen molar-refractivity contribution < 1.29 is 9.47 Å². The quantitative estimate of drug-likeness (QED) is 0.144. The molecule has 308 valence electrons. The van der Waals surface area contributed by atoms with Gasteiger partial charge in [0.15, 0.2) is 0 Å². The van der Waals surface area contributed by atoms with Gasteiger partial charge in [0.05, 0.1) is 23.9 Å². The molecule has 0 saturated heterocycles. The molecular formula is C34H52Cl4N16O2. The maximum atomic E-state index is 5.99. The highest BCUT2D eigenvalue weighted by molar-refractivity contribution is 6.41. The first-order chi connectivity index (χ1) is 26.8. The summed E-state index contributed by atoms with van der Waals surface area (Å²) in [6.07, 6.45) is 3.70. The lowest BCUT2D eigenvalue weighted by Crippen LogP contribution is -2.43. The Hall–Kier alpha value is -4.52.